The summed E-state index contributed by atoms with van der Waals surface area (Å²) in [5.74, 6) is 3.56. The molecule has 0 aromatic carbocycles. The SMILES string of the molecule is CCCCCCCCC1CCC(C2CCC(CCC3CCC(C=C(F)F)CC3)OC2)CC1. The molecule has 186 valence electrons. The largest absolute Gasteiger partial charge is 0.378 e. The second kappa shape index (κ2) is 14.7. The van der Waals surface area contributed by atoms with E-state index in [1.165, 1.54) is 102 Å². The first-order chi connectivity index (χ1) is 15.6. The van der Waals surface area contributed by atoms with Gasteiger partial charge in [-0.05, 0) is 99.9 Å². The lowest BCUT2D eigenvalue weighted by atomic mass is 9.72. The number of allylic oxidation sites excluding steroid dienone is 1. The zero-order chi connectivity index (χ0) is 22.6. The van der Waals surface area contributed by atoms with E-state index in [1.807, 2.05) is 0 Å². The third-order valence-corrected chi connectivity index (χ3v) is 9.08. The fourth-order valence-corrected chi connectivity index (χ4v) is 6.83. The predicted molar refractivity (Wildman–Crippen MR) is 131 cm³/mol. The normalized spacial score (nSPS) is 33.7. The van der Waals surface area contributed by atoms with Gasteiger partial charge in [0.05, 0.1) is 12.7 Å². The number of unbranched alkanes of at least 4 members (excludes halogenated alkanes) is 5. The Morgan fingerprint density at radius 3 is 1.97 bits per heavy atom. The molecule has 0 aromatic rings. The number of halogens is 2. The fraction of sp³-hybridized carbons (Fsp3) is 0.931. The number of rotatable bonds is 12. The minimum absolute atomic E-state index is 0.115. The van der Waals surface area contributed by atoms with E-state index in [4.69, 9.17) is 4.74 Å². The standard InChI is InChI=1S/C29H50F2O/c1-2-3-4-5-6-7-8-23-13-16-26(17-14-23)27-18-20-28(32-22-27)19-15-24-9-11-25(12-10-24)21-29(30)31/h21,23-28H,2-20,22H2,1H3. The average molecular weight is 453 g/mol. The van der Waals surface area contributed by atoms with Gasteiger partial charge in [0.25, 0.3) is 6.08 Å². The monoisotopic (exact) mass is 452 g/mol. The average Bonchev–Trinajstić information content (AvgIpc) is 2.81. The first-order valence-corrected chi connectivity index (χ1v) is 14.3. The molecule has 1 heterocycles. The molecule has 1 saturated heterocycles. The minimum Gasteiger partial charge on any atom is -0.378 e. The Kier molecular flexibility index (Phi) is 12.1. The van der Waals surface area contributed by atoms with E-state index in [2.05, 4.69) is 6.92 Å². The van der Waals surface area contributed by atoms with Crippen LogP contribution in [0.4, 0.5) is 8.78 Å². The molecule has 3 rings (SSSR count). The molecule has 2 aliphatic carbocycles. The molecule has 3 fully saturated rings. The molecule has 0 radical (unpaired) electrons. The first-order valence-electron chi connectivity index (χ1n) is 14.3. The van der Waals surface area contributed by atoms with Crippen molar-refractivity contribution in [1.29, 1.82) is 0 Å². The predicted octanol–water partition coefficient (Wildman–Crippen LogP) is 9.71. The van der Waals surface area contributed by atoms with E-state index in [0.29, 0.717) is 6.10 Å². The van der Waals surface area contributed by atoms with Crippen molar-refractivity contribution >= 4 is 0 Å². The van der Waals surface area contributed by atoms with Gasteiger partial charge in [-0.15, -0.1) is 0 Å². The van der Waals surface area contributed by atoms with Crippen LogP contribution in [0.15, 0.2) is 12.2 Å². The summed E-state index contributed by atoms with van der Waals surface area (Å²) in [5, 5.41) is 0. The number of hydrogen-bond acceptors (Lipinski definition) is 1. The van der Waals surface area contributed by atoms with Gasteiger partial charge in [-0.25, -0.2) is 0 Å². The van der Waals surface area contributed by atoms with Crippen LogP contribution in [0.5, 0.6) is 0 Å². The Bertz CT molecular complexity index is 505. The van der Waals surface area contributed by atoms with Crippen LogP contribution in [0.2, 0.25) is 0 Å². The van der Waals surface area contributed by atoms with E-state index in [0.717, 1.165) is 56.0 Å². The summed E-state index contributed by atoms with van der Waals surface area (Å²) in [6, 6.07) is 0. The van der Waals surface area contributed by atoms with Crippen molar-refractivity contribution in [2.24, 2.45) is 29.6 Å². The van der Waals surface area contributed by atoms with Gasteiger partial charge in [0.15, 0.2) is 0 Å². The molecule has 2 saturated carbocycles. The van der Waals surface area contributed by atoms with Gasteiger partial charge in [0, 0.05) is 0 Å². The van der Waals surface area contributed by atoms with E-state index < -0.39 is 6.08 Å². The summed E-state index contributed by atoms with van der Waals surface area (Å²) in [7, 11) is 0. The van der Waals surface area contributed by atoms with Gasteiger partial charge in [0.1, 0.15) is 0 Å². The van der Waals surface area contributed by atoms with Gasteiger partial charge in [0.2, 0.25) is 0 Å². The second-order valence-corrected chi connectivity index (χ2v) is 11.4. The van der Waals surface area contributed by atoms with Crippen LogP contribution in [-0.4, -0.2) is 12.7 Å². The summed E-state index contributed by atoms with van der Waals surface area (Å²) in [6.07, 6.45) is 25.1. The number of hydrogen-bond donors (Lipinski definition) is 0. The van der Waals surface area contributed by atoms with Crippen LogP contribution in [0, 0.1) is 29.6 Å². The molecule has 3 aliphatic rings. The van der Waals surface area contributed by atoms with Crippen LogP contribution in [0.3, 0.4) is 0 Å². The lowest BCUT2D eigenvalue weighted by Gasteiger charge is -2.38. The van der Waals surface area contributed by atoms with E-state index in [1.54, 1.807) is 0 Å². The van der Waals surface area contributed by atoms with Crippen molar-refractivity contribution in [3.05, 3.63) is 12.2 Å². The van der Waals surface area contributed by atoms with E-state index in [9.17, 15) is 8.78 Å². The molecule has 2 unspecified atom stereocenters. The quantitative estimate of drug-likeness (QED) is 0.268. The maximum Gasteiger partial charge on any atom is 0.266 e. The van der Waals surface area contributed by atoms with Crippen molar-refractivity contribution in [1.82, 2.24) is 0 Å². The highest BCUT2D eigenvalue weighted by Gasteiger charge is 2.31. The zero-order valence-electron chi connectivity index (χ0n) is 20.8. The highest BCUT2D eigenvalue weighted by Crippen LogP contribution is 2.40. The Balaban J connectivity index is 1.22. The van der Waals surface area contributed by atoms with Gasteiger partial charge in [-0.2, -0.15) is 8.78 Å². The zero-order valence-corrected chi connectivity index (χ0v) is 20.8. The van der Waals surface area contributed by atoms with Gasteiger partial charge < -0.3 is 4.74 Å². The molecular weight excluding hydrogens is 402 g/mol. The minimum atomic E-state index is -1.50. The molecule has 0 amide bonds. The molecule has 3 heteroatoms. The molecular formula is C29H50F2O. The molecule has 0 N–H and O–H groups in total. The van der Waals surface area contributed by atoms with Crippen molar-refractivity contribution in [2.45, 2.75) is 135 Å². The smallest absolute Gasteiger partial charge is 0.266 e. The van der Waals surface area contributed by atoms with Gasteiger partial charge >= 0.3 is 0 Å². The maximum atomic E-state index is 12.4. The highest BCUT2D eigenvalue weighted by molar-refractivity contribution is 4.91. The van der Waals surface area contributed by atoms with E-state index >= 15 is 0 Å². The Labute approximate surface area is 197 Å². The molecule has 2 atom stereocenters. The fourth-order valence-electron chi connectivity index (χ4n) is 6.83. The summed E-state index contributed by atoms with van der Waals surface area (Å²) in [4.78, 5) is 0. The molecule has 32 heavy (non-hydrogen) atoms. The lowest BCUT2D eigenvalue weighted by Crippen LogP contribution is -2.32. The maximum absolute atomic E-state index is 12.4. The Hall–Kier alpha value is -0.440. The highest BCUT2D eigenvalue weighted by atomic mass is 19.3. The molecule has 0 spiro atoms. The van der Waals surface area contributed by atoms with Crippen molar-refractivity contribution < 1.29 is 13.5 Å². The van der Waals surface area contributed by atoms with Crippen molar-refractivity contribution in [3.63, 3.8) is 0 Å². The van der Waals surface area contributed by atoms with Gasteiger partial charge in [-0.1, -0.05) is 64.7 Å². The topological polar surface area (TPSA) is 9.23 Å². The van der Waals surface area contributed by atoms with Crippen LogP contribution >= 0.6 is 0 Å². The van der Waals surface area contributed by atoms with Crippen LogP contribution < -0.4 is 0 Å². The Morgan fingerprint density at radius 1 is 0.688 bits per heavy atom. The van der Waals surface area contributed by atoms with Crippen LogP contribution in [0.25, 0.3) is 0 Å². The van der Waals surface area contributed by atoms with Crippen LogP contribution in [-0.2, 0) is 4.74 Å². The van der Waals surface area contributed by atoms with Crippen molar-refractivity contribution in [2.75, 3.05) is 6.61 Å². The summed E-state index contributed by atoms with van der Waals surface area (Å²) in [6.45, 7) is 3.29. The van der Waals surface area contributed by atoms with Crippen molar-refractivity contribution in [3.8, 4) is 0 Å². The molecule has 1 nitrogen and oxygen atoms in total. The van der Waals surface area contributed by atoms with Crippen LogP contribution in [0.1, 0.15) is 129 Å². The first kappa shape index (κ1) is 26.2. The summed E-state index contributed by atoms with van der Waals surface area (Å²) in [5.41, 5.74) is 0. The molecule has 1 aliphatic heterocycles. The third-order valence-electron chi connectivity index (χ3n) is 9.08. The third kappa shape index (κ3) is 9.43. The Morgan fingerprint density at radius 2 is 1.31 bits per heavy atom. The summed E-state index contributed by atoms with van der Waals surface area (Å²) >= 11 is 0. The lowest BCUT2D eigenvalue weighted by molar-refractivity contribution is -0.0448. The van der Waals surface area contributed by atoms with Gasteiger partial charge in [-0.3, -0.25) is 0 Å². The summed E-state index contributed by atoms with van der Waals surface area (Å²) < 4.78 is 31.2. The number of ether oxygens (including phenoxy) is 1. The molecule has 0 aromatic heterocycles. The second-order valence-electron chi connectivity index (χ2n) is 11.4. The van der Waals surface area contributed by atoms with E-state index in [-0.39, 0.29) is 5.92 Å². The molecule has 0 bridgehead atoms.